The number of aromatic nitrogens is 4. The summed E-state index contributed by atoms with van der Waals surface area (Å²) in [5.74, 6) is 0.877. The maximum atomic E-state index is 12.8. The molecule has 1 fully saturated rings. The minimum atomic E-state index is -0.0890. The molecule has 1 unspecified atom stereocenters. The Labute approximate surface area is 140 Å². The van der Waals surface area contributed by atoms with Crippen LogP contribution >= 0.6 is 0 Å². The van der Waals surface area contributed by atoms with Gasteiger partial charge in [-0.3, -0.25) is 9.48 Å². The molecule has 1 aliphatic rings. The first-order valence-electron chi connectivity index (χ1n) is 7.83. The molecule has 0 radical (unpaired) electrons. The summed E-state index contributed by atoms with van der Waals surface area (Å²) < 4.78 is 12.5. The Morgan fingerprint density at radius 3 is 2.54 bits per heavy atom. The first kappa shape index (κ1) is 16.2. The van der Waals surface area contributed by atoms with Crippen molar-refractivity contribution >= 4 is 5.91 Å². The van der Waals surface area contributed by atoms with Crippen LogP contribution < -0.4 is 9.47 Å². The van der Waals surface area contributed by atoms with Crippen LogP contribution in [0.3, 0.4) is 0 Å². The number of hydrogen-bond acceptors (Lipinski definition) is 6. The van der Waals surface area contributed by atoms with Gasteiger partial charge in [-0.15, -0.1) is 10.2 Å². The third kappa shape index (κ3) is 3.04. The first-order chi connectivity index (χ1) is 11.5. The monoisotopic (exact) mass is 331 g/mol. The molecule has 0 N–H and O–H groups in total. The third-order valence-corrected chi connectivity index (χ3v) is 4.27. The number of rotatable bonds is 4. The van der Waals surface area contributed by atoms with Crippen molar-refractivity contribution in [1.82, 2.24) is 24.9 Å². The molecule has 1 aliphatic heterocycles. The van der Waals surface area contributed by atoms with Gasteiger partial charge in [0, 0.05) is 37.8 Å². The van der Waals surface area contributed by atoms with Gasteiger partial charge in [0.15, 0.2) is 0 Å². The molecule has 128 valence electrons. The molecule has 24 heavy (non-hydrogen) atoms. The zero-order valence-corrected chi connectivity index (χ0v) is 14.3. The van der Waals surface area contributed by atoms with Gasteiger partial charge in [-0.05, 0) is 13.8 Å². The fourth-order valence-electron chi connectivity index (χ4n) is 2.90. The van der Waals surface area contributed by atoms with Crippen molar-refractivity contribution < 1.29 is 14.3 Å². The quantitative estimate of drug-likeness (QED) is 0.835. The van der Waals surface area contributed by atoms with E-state index in [-0.39, 0.29) is 12.0 Å². The van der Waals surface area contributed by atoms with Crippen molar-refractivity contribution in [2.45, 2.75) is 26.4 Å². The normalized spacial score (nSPS) is 17.2. The molecule has 3 heterocycles. The van der Waals surface area contributed by atoms with Crippen LogP contribution in [-0.4, -0.2) is 57.1 Å². The summed E-state index contributed by atoms with van der Waals surface area (Å²) in [4.78, 5) is 14.6. The van der Waals surface area contributed by atoms with E-state index >= 15 is 0 Å². The van der Waals surface area contributed by atoms with E-state index in [4.69, 9.17) is 9.47 Å². The number of carbonyl (C=O) groups is 1. The Hall–Kier alpha value is -2.64. The van der Waals surface area contributed by atoms with E-state index in [1.54, 1.807) is 21.7 Å². The molecule has 0 aliphatic carbocycles. The number of amides is 1. The maximum absolute atomic E-state index is 12.8. The average molecular weight is 331 g/mol. The van der Waals surface area contributed by atoms with E-state index in [0.29, 0.717) is 30.4 Å². The van der Waals surface area contributed by atoms with Gasteiger partial charge in [0.05, 0.1) is 24.9 Å². The number of ether oxygens (including phenoxy) is 2. The SMILES string of the molecule is COc1ccc(OC2CCN(C(=O)c3c(C)nn(C)c3C)C2)nn1. The van der Waals surface area contributed by atoms with Crippen LogP contribution in [-0.2, 0) is 7.05 Å². The summed E-state index contributed by atoms with van der Waals surface area (Å²) in [5.41, 5.74) is 2.32. The van der Waals surface area contributed by atoms with Crippen LogP contribution in [0.25, 0.3) is 0 Å². The summed E-state index contributed by atoms with van der Waals surface area (Å²) in [7, 11) is 3.38. The Kier molecular flexibility index (Phi) is 4.37. The second-order valence-corrected chi connectivity index (χ2v) is 5.86. The zero-order valence-electron chi connectivity index (χ0n) is 14.3. The number of nitrogens with zero attached hydrogens (tertiary/aromatic N) is 5. The van der Waals surface area contributed by atoms with Crippen LogP contribution in [0.15, 0.2) is 12.1 Å². The van der Waals surface area contributed by atoms with Gasteiger partial charge in [-0.2, -0.15) is 5.10 Å². The number of aryl methyl sites for hydroxylation is 2. The highest BCUT2D eigenvalue weighted by Crippen LogP contribution is 2.21. The molecule has 8 heteroatoms. The van der Waals surface area contributed by atoms with E-state index in [0.717, 1.165) is 17.8 Å². The summed E-state index contributed by atoms with van der Waals surface area (Å²) in [6.07, 6.45) is 0.673. The van der Waals surface area contributed by atoms with Crippen molar-refractivity contribution in [1.29, 1.82) is 0 Å². The number of methoxy groups -OCH3 is 1. The Bertz CT molecular complexity index is 741. The molecule has 0 aromatic carbocycles. The summed E-state index contributed by atoms with van der Waals surface area (Å²) >= 11 is 0. The second kappa shape index (κ2) is 6.46. The first-order valence-corrected chi connectivity index (χ1v) is 7.83. The lowest BCUT2D eigenvalue weighted by Crippen LogP contribution is -2.31. The number of hydrogen-bond donors (Lipinski definition) is 0. The smallest absolute Gasteiger partial charge is 0.257 e. The predicted molar refractivity (Wildman–Crippen MR) is 86.2 cm³/mol. The van der Waals surface area contributed by atoms with Gasteiger partial charge in [-0.1, -0.05) is 0 Å². The van der Waals surface area contributed by atoms with Crippen molar-refractivity contribution in [3.63, 3.8) is 0 Å². The molecular weight excluding hydrogens is 310 g/mol. The summed E-state index contributed by atoms with van der Waals surface area (Å²) in [6.45, 7) is 4.95. The molecule has 0 bridgehead atoms. The van der Waals surface area contributed by atoms with E-state index in [2.05, 4.69) is 15.3 Å². The van der Waals surface area contributed by atoms with Gasteiger partial charge in [0.25, 0.3) is 5.91 Å². The average Bonchev–Trinajstić information content (AvgIpc) is 3.13. The molecule has 1 amide bonds. The fraction of sp³-hybridized carbons (Fsp3) is 0.500. The van der Waals surface area contributed by atoms with Gasteiger partial charge < -0.3 is 14.4 Å². The molecule has 1 saturated heterocycles. The van der Waals surface area contributed by atoms with Crippen LogP contribution in [0.4, 0.5) is 0 Å². The van der Waals surface area contributed by atoms with E-state index < -0.39 is 0 Å². The fourth-order valence-corrected chi connectivity index (χ4v) is 2.90. The molecule has 0 spiro atoms. The second-order valence-electron chi connectivity index (χ2n) is 5.86. The van der Waals surface area contributed by atoms with Crippen molar-refractivity contribution in [2.24, 2.45) is 7.05 Å². The van der Waals surface area contributed by atoms with Crippen molar-refractivity contribution in [3.8, 4) is 11.8 Å². The number of carbonyl (C=O) groups excluding carboxylic acids is 1. The number of likely N-dealkylation sites (tertiary alicyclic amines) is 1. The Morgan fingerprint density at radius 2 is 1.96 bits per heavy atom. The molecule has 2 aromatic heterocycles. The predicted octanol–water partition coefficient (Wildman–Crippen LogP) is 1.13. The minimum absolute atomic E-state index is 0.00464. The van der Waals surface area contributed by atoms with Crippen LogP contribution in [0.2, 0.25) is 0 Å². The minimum Gasteiger partial charge on any atom is -0.480 e. The standard InChI is InChI=1S/C16H21N5O3/c1-10-15(11(2)20(3)19-10)16(22)21-8-7-12(9-21)24-14-6-5-13(23-4)17-18-14/h5-6,12H,7-9H2,1-4H3. The zero-order chi connectivity index (χ0) is 17.3. The highest BCUT2D eigenvalue weighted by Gasteiger charge is 2.31. The largest absolute Gasteiger partial charge is 0.480 e. The van der Waals surface area contributed by atoms with Crippen LogP contribution in [0.1, 0.15) is 28.2 Å². The molecule has 2 aromatic rings. The lowest BCUT2D eigenvalue weighted by Gasteiger charge is -2.17. The Balaban J connectivity index is 1.65. The molecule has 0 saturated carbocycles. The van der Waals surface area contributed by atoms with E-state index in [9.17, 15) is 4.79 Å². The molecule has 1 atom stereocenters. The summed E-state index contributed by atoms with van der Waals surface area (Å²) in [5, 5.41) is 12.2. The van der Waals surface area contributed by atoms with Gasteiger partial charge in [0.2, 0.25) is 11.8 Å². The van der Waals surface area contributed by atoms with Gasteiger partial charge in [-0.25, -0.2) is 0 Å². The van der Waals surface area contributed by atoms with Gasteiger partial charge >= 0.3 is 0 Å². The van der Waals surface area contributed by atoms with E-state index in [1.807, 2.05) is 20.9 Å². The summed E-state index contributed by atoms with van der Waals surface area (Å²) in [6, 6.07) is 3.41. The highest BCUT2D eigenvalue weighted by molar-refractivity contribution is 5.96. The lowest BCUT2D eigenvalue weighted by atomic mass is 10.2. The van der Waals surface area contributed by atoms with Crippen LogP contribution in [0, 0.1) is 13.8 Å². The van der Waals surface area contributed by atoms with E-state index in [1.165, 1.54) is 7.11 Å². The molecular formula is C16H21N5O3. The van der Waals surface area contributed by atoms with Crippen molar-refractivity contribution in [3.05, 3.63) is 29.1 Å². The maximum Gasteiger partial charge on any atom is 0.257 e. The van der Waals surface area contributed by atoms with Gasteiger partial charge in [0.1, 0.15) is 6.10 Å². The lowest BCUT2D eigenvalue weighted by molar-refractivity contribution is 0.0769. The third-order valence-electron chi connectivity index (χ3n) is 4.27. The topological polar surface area (TPSA) is 82.4 Å². The molecule has 3 rings (SSSR count). The molecule has 8 nitrogen and oxygen atoms in total. The Morgan fingerprint density at radius 1 is 1.25 bits per heavy atom. The van der Waals surface area contributed by atoms with Crippen LogP contribution in [0.5, 0.6) is 11.8 Å². The highest BCUT2D eigenvalue weighted by atomic mass is 16.5. The van der Waals surface area contributed by atoms with Crippen molar-refractivity contribution in [2.75, 3.05) is 20.2 Å².